The van der Waals surface area contributed by atoms with Crippen LogP contribution in [0, 0.1) is 0 Å². The molecule has 0 spiro atoms. The first-order chi connectivity index (χ1) is 11.4. The maximum absolute atomic E-state index is 12.0. The highest BCUT2D eigenvalue weighted by Gasteiger charge is 2.17. The van der Waals surface area contributed by atoms with Gasteiger partial charge in [-0.15, -0.1) is 0 Å². The number of aromatic nitrogens is 2. The Labute approximate surface area is 141 Å². The van der Waals surface area contributed by atoms with E-state index in [1.54, 1.807) is 19.3 Å². The van der Waals surface area contributed by atoms with Gasteiger partial charge in [-0.25, -0.2) is 4.79 Å². The molecule has 0 aliphatic heterocycles. The number of hydrogen-bond acceptors (Lipinski definition) is 4. The van der Waals surface area contributed by atoms with Gasteiger partial charge in [-0.05, 0) is 23.1 Å². The summed E-state index contributed by atoms with van der Waals surface area (Å²) in [5.74, 6) is -0.478. The van der Waals surface area contributed by atoms with Crippen LogP contribution < -0.4 is 5.32 Å². The van der Waals surface area contributed by atoms with Crippen molar-refractivity contribution in [3.8, 4) is 0 Å². The summed E-state index contributed by atoms with van der Waals surface area (Å²) in [6.45, 7) is 4.26. The number of anilines is 1. The number of methoxy groups -OCH3 is 1. The number of benzene rings is 1. The van der Waals surface area contributed by atoms with Crippen molar-refractivity contribution in [1.82, 2.24) is 9.78 Å². The molecule has 0 radical (unpaired) electrons. The lowest BCUT2D eigenvalue weighted by molar-refractivity contribution is -0.111. The fraction of sp³-hybridized carbons (Fsp3) is 0.278. The Hall–Kier alpha value is -2.89. The van der Waals surface area contributed by atoms with E-state index < -0.39 is 5.97 Å². The number of nitrogens with one attached hydrogen (secondary N) is 1. The highest BCUT2D eigenvalue weighted by atomic mass is 16.5. The molecule has 0 aliphatic rings. The van der Waals surface area contributed by atoms with Crippen LogP contribution in [0.15, 0.2) is 36.5 Å². The van der Waals surface area contributed by atoms with Crippen LogP contribution in [0.25, 0.3) is 6.08 Å². The van der Waals surface area contributed by atoms with E-state index >= 15 is 0 Å². The molecule has 0 saturated heterocycles. The van der Waals surface area contributed by atoms with Crippen LogP contribution in [-0.4, -0.2) is 28.8 Å². The summed E-state index contributed by atoms with van der Waals surface area (Å²) in [6, 6.07) is 8.00. The Morgan fingerprint density at radius 3 is 2.50 bits per heavy atom. The van der Waals surface area contributed by atoms with Crippen LogP contribution in [0.5, 0.6) is 0 Å². The summed E-state index contributed by atoms with van der Waals surface area (Å²) in [6.07, 6.45) is 4.68. The summed E-state index contributed by atoms with van der Waals surface area (Å²) in [5, 5.41) is 6.62. The molecular formula is C18H21N3O3. The molecule has 126 valence electrons. The molecule has 1 aromatic carbocycles. The average molecular weight is 327 g/mol. The van der Waals surface area contributed by atoms with E-state index in [0.29, 0.717) is 11.6 Å². The van der Waals surface area contributed by atoms with Crippen molar-refractivity contribution >= 4 is 23.6 Å². The van der Waals surface area contributed by atoms with Gasteiger partial charge >= 0.3 is 5.97 Å². The third-order valence-corrected chi connectivity index (χ3v) is 3.50. The first-order valence-electron chi connectivity index (χ1n) is 7.61. The van der Waals surface area contributed by atoms with Crippen molar-refractivity contribution in [2.75, 3.05) is 12.4 Å². The van der Waals surface area contributed by atoms with Crippen LogP contribution in [-0.2, 0) is 16.6 Å². The van der Waals surface area contributed by atoms with Crippen LogP contribution in [0.1, 0.15) is 41.4 Å². The molecule has 1 heterocycles. The smallest absolute Gasteiger partial charge is 0.360 e. The molecule has 0 aliphatic carbocycles. The van der Waals surface area contributed by atoms with Gasteiger partial charge in [0.25, 0.3) is 0 Å². The molecule has 0 fully saturated rings. The number of rotatable bonds is 5. The molecule has 24 heavy (non-hydrogen) atoms. The predicted octanol–water partition coefficient (Wildman–Crippen LogP) is 2.98. The fourth-order valence-corrected chi connectivity index (χ4v) is 2.17. The zero-order chi connectivity index (χ0) is 17.7. The van der Waals surface area contributed by atoms with Crippen LogP contribution in [0.3, 0.4) is 0 Å². The number of carbonyl (C=O) groups is 2. The lowest BCUT2D eigenvalue weighted by Crippen LogP contribution is -2.12. The molecule has 6 nitrogen and oxygen atoms in total. The average Bonchev–Trinajstić information content (AvgIpc) is 2.92. The maximum atomic E-state index is 12.0. The van der Waals surface area contributed by atoms with E-state index in [1.165, 1.54) is 23.4 Å². The standard InChI is InChI=1S/C18H21N3O3/c1-12(2)14-8-5-13(6-9-14)7-10-16(22)19-15-11-21(3)20-17(15)18(23)24-4/h5-12H,1-4H3,(H,19,22)/b10-7+. The topological polar surface area (TPSA) is 73.2 Å². The zero-order valence-electron chi connectivity index (χ0n) is 14.2. The Morgan fingerprint density at radius 1 is 1.25 bits per heavy atom. The first-order valence-corrected chi connectivity index (χ1v) is 7.61. The maximum Gasteiger partial charge on any atom is 0.360 e. The molecule has 0 bridgehead atoms. The largest absolute Gasteiger partial charge is 0.464 e. The van der Waals surface area contributed by atoms with Crippen molar-refractivity contribution in [1.29, 1.82) is 0 Å². The van der Waals surface area contributed by atoms with Crippen LogP contribution in [0.2, 0.25) is 0 Å². The predicted molar refractivity (Wildman–Crippen MR) is 92.7 cm³/mol. The summed E-state index contributed by atoms with van der Waals surface area (Å²) in [7, 11) is 2.93. The molecule has 0 atom stereocenters. The van der Waals surface area contributed by atoms with E-state index in [0.717, 1.165) is 5.56 Å². The van der Waals surface area contributed by atoms with E-state index in [9.17, 15) is 9.59 Å². The SMILES string of the molecule is COC(=O)c1nn(C)cc1NC(=O)/C=C/c1ccc(C(C)C)cc1. The third kappa shape index (κ3) is 4.32. The second-order valence-electron chi connectivity index (χ2n) is 5.70. The van der Waals surface area contributed by atoms with Crippen molar-refractivity contribution in [2.24, 2.45) is 7.05 Å². The lowest BCUT2D eigenvalue weighted by Gasteiger charge is -2.04. The minimum atomic E-state index is -0.598. The van der Waals surface area contributed by atoms with Gasteiger partial charge < -0.3 is 10.1 Å². The summed E-state index contributed by atoms with van der Waals surface area (Å²) >= 11 is 0. The van der Waals surface area contributed by atoms with Gasteiger partial charge in [-0.1, -0.05) is 38.1 Å². The second-order valence-corrected chi connectivity index (χ2v) is 5.70. The monoisotopic (exact) mass is 327 g/mol. The Kier molecular flexibility index (Phi) is 5.52. The Balaban J connectivity index is 2.07. The number of nitrogens with zero attached hydrogens (tertiary/aromatic N) is 2. The molecule has 0 unspecified atom stereocenters. The van der Waals surface area contributed by atoms with Gasteiger partial charge in [0, 0.05) is 19.3 Å². The molecule has 0 saturated carbocycles. The third-order valence-electron chi connectivity index (χ3n) is 3.50. The number of carbonyl (C=O) groups excluding carboxylic acids is 2. The lowest BCUT2D eigenvalue weighted by atomic mass is 10.0. The summed E-state index contributed by atoms with van der Waals surface area (Å²) in [4.78, 5) is 23.7. The van der Waals surface area contributed by atoms with Crippen molar-refractivity contribution < 1.29 is 14.3 Å². The zero-order valence-corrected chi connectivity index (χ0v) is 14.2. The van der Waals surface area contributed by atoms with Crippen LogP contribution >= 0.6 is 0 Å². The number of ether oxygens (including phenoxy) is 1. The molecule has 2 aromatic rings. The van der Waals surface area contributed by atoms with Gasteiger partial charge in [0.1, 0.15) is 0 Å². The minimum Gasteiger partial charge on any atom is -0.464 e. The van der Waals surface area contributed by atoms with E-state index in [2.05, 4.69) is 29.0 Å². The summed E-state index contributed by atoms with van der Waals surface area (Å²) < 4.78 is 6.09. The molecular weight excluding hydrogens is 306 g/mol. The van der Waals surface area contributed by atoms with Crippen molar-refractivity contribution in [2.45, 2.75) is 19.8 Å². The van der Waals surface area contributed by atoms with Gasteiger partial charge in [0.15, 0.2) is 5.69 Å². The number of esters is 1. The normalized spacial score (nSPS) is 11.0. The molecule has 6 heteroatoms. The number of hydrogen-bond donors (Lipinski definition) is 1. The molecule has 2 rings (SSSR count). The number of amides is 1. The Morgan fingerprint density at radius 2 is 1.92 bits per heavy atom. The van der Waals surface area contributed by atoms with E-state index in [-0.39, 0.29) is 11.6 Å². The van der Waals surface area contributed by atoms with Crippen LogP contribution in [0.4, 0.5) is 5.69 Å². The highest BCUT2D eigenvalue weighted by molar-refractivity contribution is 6.05. The van der Waals surface area contributed by atoms with E-state index in [4.69, 9.17) is 0 Å². The second kappa shape index (κ2) is 7.59. The van der Waals surface area contributed by atoms with Gasteiger partial charge in [0.05, 0.1) is 12.8 Å². The van der Waals surface area contributed by atoms with Crippen molar-refractivity contribution in [3.63, 3.8) is 0 Å². The van der Waals surface area contributed by atoms with Gasteiger partial charge in [0.2, 0.25) is 5.91 Å². The quantitative estimate of drug-likeness (QED) is 0.677. The molecule has 1 amide bonds. The fourth-order valence-electron chi connectivity index (χ4n) is 2.17. The highest BCUT2D eigenvalue weighted by Crippen LogP contribution is 2.16. The van der Waals surface area contributed by atoms with Crippen molar-refractivity contribution in [3.05, 3.63) is 53.4 Å². The summed E-state index contributed by atoms with van der Waals surface area (Å²) in [5.41, 5.74) is 2.56. The Bertz CT molecular complexity index is 758. The van der Waals surface area contributed by atoms with Gasteiger partial charge in [-0.2, -0.15) is 5.10 Å². The molecule has 1 aromatic heterocycles. The van der Waals surface area contributed by atoms with E-state index in [1.807, 2.05) is 24.3 Å². The first kappa shape index (κ1) is 17.5. The minimum absolute atomic E-state index is 0.0723. The molecule has 1 N–H and O–H groups in total. The number of aryl methyl sites for hydroxylation is 1. The van der Waals surface area contributed by atoms with Gasteiger partial charge in [-0.3, -0.25) is 9.48 Å².